The summed E-state index contributed by atoms with van der Waals surface area (Å²) in [6.07, 6.45) is 1.45. The lowest BCUT2D eigenvalue weighted by Gasteiger charge is -2.13. The minimum atomic E-state index is -0.644. The predicted octanol–water partition coefficient (Wildman–Crippen LogP) is 3.08. The summed E-state index contributed by atoms with van der Waals surface area (Å²) >= 11 is 3.30. The molecule has 0 aliphatic heterocycles. The molecule has 1 aromatic heterocycles. The van der Waals surface area contributed by atoms with Gasteiger partial charge in [0.25, 0.3) is 0 Å². The number of rotatable bonds is 4. The number of halogens is 2. The van der Waals surface area contributed by atoms with Gasteiger partial charge in [-0.15, -0.1) is 0 Å². The SMILES string of the molecule is CCn1nccc1C(O)Cc1ccc(F)cc1Br. The number of aromatic nitrogens is 2. The first-order valence-electron chi connectivity index (χ1n) is 5.75. The molecule has 1 heterocycles. The highest BCUT2D eigenvalue weighted by Gasteiger charge is 2.14. The van der Waals surface area contributed by atoms with E-state index in [9.17, 15) is 9.50 Å². The number of hydrogen-bond acceptors (Lipinski definition) is 2. The average Bonchev–Trinajstić information content (AvgIpc) is 2.81. The molecule has 0 bridgehead atoms. The average molecular weight is 313 g/mol. The Labute approximate surface area is 113 Å². The summed E-state index contributed by atoms with van der Waals surface area (Å²) in [6.45, 7) is 2.68. The quantitative estimate of drug-likeness (QED) is 0.942. The largest absolute Gasteiger partial charge is 0.386 e. The third kappa shape index (κ3) is 2.79. The number of benzene rings is 1. The van der Waals surface area contributed by atoms with E-state index in [1.807, 2.05) is 6.92 Å². The molecule has 96 valence electrons. The summed E-state index contributed by atoms with van der Waals surface area (Å²) < 4.78 is 15.4. The molecule has 0 aliphatic rings. The number of nitrogens with zero attached hydrogens (tertiary/aromatic N) is 2. The van der Waals surface area contributed by atoms with Crippen LogP contribution in [-0.2, 0) is 13.0 Å². The number of hydrogen-bond donors (Lipinski definition) is 1. The van der Waals surface area contributed by atoms with E-state index in [-0.39, 0.29) is 5.82 Å². The van der Waals surface area contributed by atoms with Crippen LogP contribution in [0.25, 0.3) is 0 Å². The summed E-state index contributed by atoms with van der Waals surface area (Å²) in [7, 11) is 0. The van der Waals surface area contributed by atoms with E-state index in [0.717, 1.165) is 11.3 Å². The summed E-state index contributed by atoms with van der Waals surface area (Å²) in [4.78, 5) is 0. The fourth-order valence-electron chi connectivity index (χ4n) is 1.89. The molecule has 0 radical (unpaired) electrons. The minimum absolute atomic E-state index is 0.293. The van der Waals surface area contributed by atoms with E-state index >= 15 is 0 Å². The van der Waals surface area contributed by atoms with Crippen molar-refractivity contribution >= 4 is 15.9 Å². The van der Waals surface area contributed by atoms with E-state index in [1.54, 1.807) is 23.0 Å². The van der Waals surface area contributed by atoms with Gasteiger partial charge in [0.05, 0.1) is 11.8 Å². The number of aryl methyl sites for hydroxylation is 1. The minimum Gasteiger partial charge on any atom is -0.386 e. The highest BCUT2D eigenvalue weighted by atomic mass is 79.9. The van der Waals surface area contributed by atoms with Gasteiger partial charge in [0.2, 0.25) is 0 Å². The van der Waals surface area contributed by atoms with Gasteiger partial charge in [0.15, 0.2) is 0 Å². The van der Waals surface area contributed by atoms with Gasteiger partial charge in [-0.3, -0.25) is 4.68 Å². The van der Waals surface area contributed by atoms with Crippen molar-refractivity contribution in [3.63, 3.8) is 0 Å². The lowest BCUT2D eigenvalue weighted by Crippen LogP contribution is -2.10. The Bertz CT molecular complexity index is 542. The molecule has 2 rings (SSSR count). The zero-order valence-electron chi connectivity index (χ0n) is 9.98. The molecule has 2 aromatic rings. The first-order chi connectivity index (χ1) is 8.61. The van der Waals surface area contributed by atoms with Crippen LogP contribution >= 0.6 is 15.9 Å². The van der Waals surface area contributed by atoms with Gasteiger partial charge in [-0.25, -0.2) is 4.39 Å². The van der Waals surface area contributed by atoms with Crippen LogP contribution in [-0.4, -0.2) is 14.9 Å². The summed E-state index contributed by atoms with van der Waals surface area (Å²) in [5, 5.41) is 14.3. The fraction of sp³-hybridized carbons (Fsp3) is 0.308. The fourth-order valence-corrected chi connectivity index (χ4v) is 2.40. The molecule has 0 amide bonds. The van der Waals surface area contributed by atoms with E-state index in [0.29, 0.717) is 17.4 Å². The van der Waals surface area contributed by atoms with Crippen molar-refractivity contribution in [2.24, 2.45) is 0 Å². The van der Waals surface area contributed by atoms with Gasteiger partial charge < -0.3 is 5.11 Å². The maximum Gasteiger partial charge on any atom is 0.124 e. The van der Waals surface area contributed by atoms with Crippen molar-refractivity contribution in [1.82, 2.24) is 9.78 Å². The third-order valence-electron chi connectivity index (χ3n) is 2.82. The van der Waals surface area contributed by atoms with Crippen molar-refractivity contribution in [3.8, 4) is 0 Å². The zero-order chi connectivity index (χ0) is 13.1. The molecule has 1 N–H and O–H groups in total. The van der Waals surface area contributed by atoms with Gasteiger partial charge >= 0.3 is 0 Å². The first-order valence-corrected chi connectivity index (χ1v) is 6.54. The molecular formula is C13H14BrFN2O. The molecule has 1 atom stereocenters. The van der Waals surface area contributed by atoms with Gasteiger partial charge in [-0.2, -0.15) is 5.10 Å². The van der Waals surface area contributed by atoms with Crippen molar-refractivity contribution in [2.75, 3.05) is 0 Å². The van der Waals surface area contributed by atoms with E-state index < -0.39 is 6.10 Å². The molecule has 18 heavy (non-hydrogen) atoms. The summed E-state index contributed by atoms with van der Waals surface area (Å²) in [5.74, 6) is -0.293. The van der Waals surface area contributed by atoms with Gasteiger partial charge in [-0.05, 0) is 30.7 Å². The second-order valence-electron chi connectivity index (χ2n) is 4.03. The highest BCUT2D eigenvalue weighted by Crippen LogP contribution is 2.24. The third-order valence-corrected chi connectivity index (χ3v) is 3.56. The van der Waals surface area contributed by atoms with Crippen molar-refractivity contribution in [2.45, 2.75) is 26.0 Å². The lowest BCUT2D eigenvalue weighted by molar-refractivity contribution is 0.167. The second kappa shape index (κ2) is 5.63. The van der Waals surface area contributed by atoms with Crippen LogP contribution in [0.5, 0.6) is 0 Å². The molecular weight excluding hydrogens is 299 g/mol. The van der Waals surface area contributed by atoms with Crippen LogP contribution in [0.4, 0.5) is 4.39 Å². The Morgan fingerprint density at radius 2 is 2.22 bits per heavy atom. The summed E-state index contributed by atoms with van der Waals surface area (Å²) in [6, 6.07) is 6.27. The Morgan fingerprint density at radius 1 is 1.44 bits per heavy atom. The maximum absolute atomic E-state index is 13.0. The lowest BCUT2D eigenvalue weighted by atomic mass is 10.1. The Hall–Kier alpha value is -1.20. The van der Waals surface area contributed by atoms with E-state index in [2.05, 4.69) is 21.0 Å². The Kier molecular flexibility index (Phi) is 4.14. The number of aliphatic hydroxyl groups is 1. The smallest absolute Gasteiger partial charge is 0.124 e. The molecule has 0 fully saturated rings. The van der Waals surface area contributed by atoms with Gasteiger partial charge in [-0.1, -0.05) is 22.0 Å². The second-order valence-corrected chi connectivity index (χ2v) is 4.88. The molecule has 0 saturated heterocycles. The van der Waals surface area contributed by atoms with Gasteiger partial charge in [0.1, 0.15) is 5.82 Å². The standard InChI is InChI=1S/C13H14BrFN2O/c1-2-17-12(5-6-16-17)13(18)7-9-3-4-10(15)8-11(9)14/h3-6,8,13,18H,2,7H2,1H3. The first kappa shape index (κ1) is 13.2. The molecule has 3 nitrogen and oxygen atoms in total. The molecule has 0 saturated carbocycles. The van der Waals surface area contributed by atoms with Crippen LogP contribution in [0, 0.1) is 5.82 Å². The van der Waals surface area contributed by atoms with Crippen LogP contribution in [0.2, 0.25) is 0 Å². The highest BCUT2D eigenvalue weighted by molar-refractivity contribution is 9.10. The Balaban J connectivity index is 2.18. The Morgan fingerprint density at radius 3 is 2.89 bits per heavy atom. The normalized spacial score (nSPS) is 12.7. The maximum atomic E-state index is 13.0. The van der Waals surface area contributed by atoms with Crippen molar-refractivity contribution in [3.05, 3.63) is 52.0 Å². The molecule has 0 spiro atoms. The number of aliphatic hydroxyl groups excluding tert-OH is 1. The zero-order valence-corrected chi connectivity index (χ0v) is 11.6. The summed E-state index contributed by atoms with van der Waals surface area (Å²) in [5.41, 5.74) is 1.64. The van der Waals surface area contributed by atoms with Crippen molar-refractivity contribution in [1.29, 1.82) is 0 Å². The van der Waals surface area contributed by atoms with E-state index in [4.69, 9.17) is 0 Å². The van der Waals surface area contributed by atoms with Crippen LogP contribution in [0.15, 0.2) is 34.9 Å². The molecule has 1 aromatic carbocycles. The molecule has 1 unspecified atom stereocenters. The molecule has 5 heteroatoms. The van der Waals surface area contributed by atoms with Crippen LogP contribution in [0.3, 0.4) is 0 Å². The van der Waals surface area contributed by atoms with Crippen molar-refractivity contribution < 1.29 is 9.50 Å². The molecule has 0 aliphatic carbocycles. The monoisotopic (exact) mass is 312 g/mol. The van der Waals surface area contributed by atoms with Crippen LogP contribution < -0.4 is 0 Å². The van der Waals surface area contributed by atoms with E-state index in [1.165, 1.54) is 12.1 Å². The topological polar surface area (TPSA) is 38.0 Å². The van der Waals surface area contributed by atoms with Crippen LogP contribution in [0.1, 0.15) is 24.3 Å². The van der Waals surface area contributed by atoms with Gasteiger partial charge in [0, 0.05) is 23.6 Å². The predicted molar refractivity (Wildman–Crippen MR) is 70.7 cm³/mol.